The minimum Gasteiger partial charge on any atom is -0.465 e. The highest BCUT2D eigenvalue weighted by atomic mass is 16.5. The third kappa shape index (κ3) is 5.17. The number of nitrogens with two attached hydrogens (primary N) is 1. The van der Waals surface area contributed by atoms with E-state index in [0.29, 0.717) is 13.0 Å². The molecule has 3 nitrogen and oxygen atoms in total. The highest BCUT2D eigenvalue weighted by Crippen LogP contribution is 2.18. The summed E-state index contributed by atoms with van der Waals surface area (Å²) in [4.78, 5) is 11.6. The minimum absolute atomic E-state index is 0.246. The summed E-state index contributed by atoms with van der Waals surface area (Å²) in [6.45, 7) is 6.33. The largest absolute Gasteiger partial charge is 0.465 e. The molecule has 0 aliphatic heterocycles. The van der Waals surface area contributed by atoms with Crippen molar-refractivity contribution in [1.82, 2.24) is 0 Å². The first-order chi connectivity index (χ1) is 7.10. The average Bonchev–Trinajstić information content (AvgIpc) is 2.24. The maximum atomic E-state index is 11.6. The molecular weight excluding hydrogens is 190 g/mol. The molecule has 1 atom stereocenters. The van der Waals surface area contributed by atoms with E-state index in [1.54, 1.807) is 0 Å². The molecule has 0 radical (unpaired) electrons. The Morgan fingerprint density at radius 2 is 1.87 bits per heavy atom. The first-order valence-corrected chi connectivity index (χ1v) is 6.06. The van der Waals surface area contributed by atoms with Crippen LogP contribution in [-0.4, -0.2) is 18.1 Å². The van der Waals surface area contributed by atoms with Crippen LogP contribution >= 0.6 is 0 Å². The molecule has 0 aromatic rings. The number of ether oxygens (including phenoxy) is 1. The Kier molecular flexibility index (Phi) is 7.39. The quantitative estimate of drug-likeness (QED) is 0.500. The molecule has 0 saturated carbocycles. The molecule has 0 saturated heterocycles. The molecule has 0 amide bonds. The van der Waals surface area contributed by atoms with Gasteiger partial charge in [0.05, 0.1) is 6.61 Å². The second-order valence-electron chi connectivity index (χ2n) is 4.04. The van der Waals surface area contributed by atoms with Crippen LogP contribution in [0.4, 0.5) is 0 Å². The fourth-order valence-electron chi connectivity index (χ4n) is 1.57. The fraction of sp³-hybridized carbons (Fsp3) is 0.917. The third-order valence-corrected chi connectivity index (χ3v) is 2.79. The van der Waals surface area contributed by atoms with Crippen LogP contribution in [0.2, 0.25) is 0 Å². The van der Waals surface area contributed by atoms with Crippen molar-refractivity contribution in [2.45, 2.75) is 64.8 Å². The lowest BCUT2D eigenvalue weighted by molar-refractivity contribution is -0.150. The van der Waals surface area contributed by atoms with Crippen LogP contribution in [0.5, 0.6) is 0 Å². The van der Waals surface area contributed by atoms with Crippen molar-refractivity contribution in [1.29, 1.82) is 0 Å². The van der Waals surface area contributed by atoms with Gasteiger partial charge in [-0.1, -0.05) is 39.5 Å². The smallest absolute Gasteiger partial charge is 0.326 e. The van der Waals surface area contributed by atoms with Gasteiger partial charge in [0.2, 0.25) is 0 Å². The highest BCUT2D eigenvalue weighted by Gasteiger charge is 2.32. The van der Waals surface area contributed by atoms with Crippen LogP contribution in [0.15, 0.2) is 0 Å². The zero-order chi connectivity index (χ0) is 11.7. The third-order valence-electron chi connectivity index (χ3n) is 2.79. The monoisotopic (exact) mass is 215 g/mol. The van der Waals surface area contributed by atoms with Gasteiger partial charge >= 0.3 is 5.97 Å². The van der Waals surface area contributed by atoms with Crippen LogP contribution in [0.25, 0.3) is 0 Å². The lowest BCUT2D eigenvalue weighted by atomic mass is 9.90. The number of unbranched alkanes of at least 4 members (excludes halogenated alkanes) is 3. The average molecular weight is 215 g/mol. The number of hydrogen-bond donors (Lipinski definition) is 1. The molecular formula is C12H25NO2. The van der Waals surface area contributed by atoms with Gasteiger partial charge < -0.3 is 10.5 Å². The first-order valence-electron chi connectivity index (χ1n) is 6.06. The molecule has 0 heterocycles. The van der Waals surface area contributed by atoms with Crippen molar-refractivity contribution in [2.75, 3.05) is 6.61 Å². The summed E-state index contributed by atoms with van der Waals surface area (Å²) < 4.78 is 4.99. The van der Waals surface area contributed by atoms with Crippen molar-refractivity contribution in [3.8, 4) is 0 Å². The van der Waals surface area contributed by atoms with E-state index in [1.807, 2.05) is 13.8 Å². The molecule has 0 rings (SSSR count). The molecule has 0 fully saturated rings. The standard InChI is InChI=1S/C12H25NO2/c1-4-7-8-9-10-12(13,5-2)11(14)15-6-3/h4-10,13H2,1-3H3. The molecule has 0 aliphatic carbocycles. The molecule has 0 bridgehead atoms. The normalized spacial score (nSPS) is 14.7. The van der Waals surface area contributed by atoms with Crippen LogP contribution < -0.4 is 5.73 Å². The molecule has 15 heavy (non-hydrogen) atoms. The number of carbonyl (C=O) groups excluding carboxylic acids is 1. The predicted octanol–water partition coefficient (Wildman–Crippen LogP) is 2.63. The van der Waals surface area contributed by atoms with Gasteiger partial charge in [-0.2, -0.15) is 0 Å². The first kappa shape index (κ1) is 14.4. The van der Waals surface area contributed by atoms with E-state index in [4.69, 9.17) is 10.5 Å². The van der Waals surface area contributed by atoms with E-state index in [2.05, 4.69) is 6.92 Å². The van der Waals surface area contributed by atoms with Crippen LogP contribution in [0.1, 0.15) is 59.3 Å². The van der Waals surface area contributed by atoms with Crippen molar-refractivity contribution in [3.63, 3.8) is 0 Å². The van der Waals surface area contributed by atoms with Gasteiger partial charge in [-0.3, -0.25) is 4.79 Å². The molecule has 0 aromatic heterocycles. The van der Waals surface area contributed by atoms with Crippen molar-refractivity contribution >= 4 is 5.97 Å². The Morgan fingerprint density at radius 3 is 2.33 bits per heavy atom. The second kappa shape index (κ2) is 7.69. The van der Waals surface area contributed by atoms with Gasteiger partial charge in [0.15, 0.2) is 0 Å². The van der Waals surface area contributed by atoms with Crippen molar-refractivity contribution in [2.24, 2.45) is 5.73 Å². The molecule has 0 aromatic carbocycles. The second-order valence-corrected chi connectivity index (χ2v) is 4.04. The van der Waals surface area contributed by atoms with Gasteiger partial charge in [-0.05, 0) is 19.8 Å². The molecule has 3 heteroatoms. The summed E-state index contributed by atoms with van der Waals surface area (Å²) in [5, 5.41) is 0. The zero-order valence-corrected chi connectivity index (χ0v) is 10.3. The summed E-state index contributed by atoms with van der Waals surface area (Å²) in [5.74, 6) is -0.246. The Labute approximate surface area is 93.4 Å². The van der Waals surface area contributed by atoms with Gasteiger partial charge in [-0.15, -0.1) is 0 Å². The summed E-state index contributed by atoms with van der Waals surface area (Å²) in [7, 11) is 0. The van der Waals surface area contributed by atoms with Crippen molar-refractivity contribution in [3.05, 3.63) is 0 Å². The van der Waals surface area contributed by atoms with E-state index in [1.165, 1.54) is 12.8 Å². The van der Waals surface area contributed by atoms with Gasteiger partial charge in [-0.25, -0.2) is 0 Å². The number of rotatable bonds is 8. The number of esters is 1. The topological polar surface area (TPSA) is 52.3 Å². The number of carbonyl (C=O) groups is 1. The minimum atomic E-state index is -0.760. The maximum Gasteiger partial charge on any atom is 0.326 e. The van der Waals surface area contributed by atoms with Gasteiger partial charge in [0, 0.05) is 0 Å². The highest BCUT2D eigenvalue weighted by molar-refractivity contribution is 5.80. The van der Waals surface area contributed by atoms with Crippen LogP contribution in [-0.2, 0) is 9.53 Å². The summed E-state index contributed by atoms with van der Waals surface area (Å²) in [6, 6.07) is 0. The number of hydrogen-bond acceptors (Lipinski definition) is 3. The van der Waals surface area contributed by atoms with Crippen LogP contribution in [0.3, 0.4) is 0 Å². The Morgan fingerprint density at radius 1 is 1.20 bits per heavy atom. The van der Waals surface area contributed by atoms with E-state index < -0.39 is 5.54 Å². The van der Waals surface area contributed by atoms with E-state index in [9.17, 15) is 4.79 Å². The van der Waals surface area contributed by atoms with Gasteiger partial charge in [0.25, 0.3) is 0 Å². The Hall–Kier alpha value is -0.570. The SMILES string of the molecule is CCCCCCC(N)(CC)C(=O)OCC. The zero-order valence-electron chi connectivity index (χ0n) is 10.3. The lowest BCUT2D eigenvalue weighted by Crippen LogP contribution is -2.48. The van der Waals surface area contributed by atoms with E-state index in [-0.39, 0.29) is 5.97 Å². The molecule has 90 valence electrons. The lowest BCUT2D eigenvalue weighted by Gasteiger charge is -2.25. The van der Waals surface area contributed by atoms with Crippen molar-refractivity contribution < 1.29 is 9.53 Å². The summed E-state index contributed by atoms with van der Waals surface area (Å²) >= 11 is 0. The molecule has 1 unspecified atom stereocenters. The Balaban J connectivity index is 4.00. The summed E-state index contributed by atoms with van der Waals surface area (Å²) in [6.07, 6.45) is 5.96. The van der Waals surface area contributed by atoms with E-state index in [0.717, 1.165) is 19.3 Å². The molecule has 0 spiro atoms. The maximum absolute atomic E-state index is 11.6. The summed E-state index contributed by atoms with van der Waals surface area (Å²) in [5.41, 5.74) is 5.27. The van der Waals surface area contributed by atoms with Crippen LogP contribution in [0, 0.1) is 0 Å². The predicted molar refractivity (Wildman–Crippen MR) is 62.6 cm³/mol. The Bertz CT molecular complexity index is 182. The fourth-order valence-corrected chi connectivity index (χ4v) is 1.57. The molecule has 2 N–H and O–H groups in total. The van der Waals surface area contributed by atoms with E-state index >= 15 is 0 Å². The molecule has 0 aliphatic rings. The van der Waals surface area contributed by atoms with Gasteiger partial charge in [0.1, 0.15) is 5.54 Å².